The molecule has 0 radical (unpaired) electrons. The van der Waals surface area contributed by atoms with Crippen molar-refractivity contribution < 1.29 is 19.8 Å². The molecule has 1 aromatic carbocycles. The van der Waals surface area contributed by atoms with Gasteiger partial charge in [-0.15, -0.1) is 0 Å². The van der Waals surface area contributed by atoms with Crippen LogP contribution < -0.4 is 16.4 Å². The highest BCUT2D eigenvalue weighted by molar-refractivity contribution is 5.94. The van der Waals surface area contributed by atoms with Crippen LogP contribution in [-0.4, -0.2) is 41.2 Å². The molecule has 0 aromatic heterocycles. The van der Waals surface area contributed by atoms with Gasteiger partial charge in [0.25, 0.3) is 0 Å². The maximum absolute atomic E-state index is 11.7. The first kappa shape index (κ1) is 14.9. The number of rotatable bonds is 7. The Hall–Kier alpha value is -2.12. The van der Waals surface area contributed by atoms with Gasteiger partial charge in [0, 0.05) is 18.8 Å². The second kappa shape index (κ2) is 7.34. The Morgan fingerprint density at radius 3 is 2.42 bits per heavy atom. The molecule has 0 unspecified atom stereocenters. The highest BCUT2D eigenvalue weighted by Gasteiger charge is 2.20. The molecule has 7 heteroatoms. The number of hydrogen-bond donors (Lipinski definition) is 5. The molecule has 6 N–H and O–H groups in total. The van der Waals surface area contributed by atoms with Crippen molar-refractivity contribution >= 4 is 17.6 Å². The van der Waals surface area contributed by atoms with E-state index in [1.165, 1.54) is 24.3 Å². The van der Waals surface area contributed by atoms with Crippen LogP contribution in [0.1, 0.15) is 6.42 Å². The van der Waals surface area contributed by atoms with E-state index in [2.05, 4.69) is 10.6 Å². The van der Waals surface area contributed by atoms with Gasteiger partial charge in [0.15, 0.2) is 0 Å². The number of aliphatic carboxylic acids is 1. The minimum atomic E-state index is -1.10. The predicted molar refractivity (Wildman–Crippen MR) is 69.8 cm³/mol. The molecule has 0 aliphatic rings. The van der Waals surface area contributed by atoms with Crippen molar-refractivity contribution in [2.75, 3.05) is 18.4 Å². The van der Waals surface area contributed by atoms with Crippen LogP contribution >= 0.6 is 0 Å². The van der Waals surface area contributed by atoms with Crippen LogP contribution in [0.15, 0.2) is 24.3 Å². The van der Waals surface area contributed by atoms with Gasteiger partial charge in [0.05, 0.1) is 6.42 Å². The Balaban J connectivity index is 2.52. The molecule has 0 bridgehead atoms. The van der Waals surface area contributed by atoms with Crippen LogP contribution in [0.25, 0.3) is 0 Å². The summed E-state index contributed by atoms with van der Waals surface area (Å²) in [5.74, 6) is -1.44. The zero-order valence-electron chi connectivity index (χ0n) is 10.3. The van der Waals surface area contributed by atoms with E-state index >= 15 is 0 Å². The fourth-order valence-electron chi connectivity index (χ4n) is 1.45. The topological polar surface area (TPSA) is 125 Å². The molecular formula is C12H17N3O4. The third kappa shape index (κ3) is 5.36. The zero-order valence-corrected chi connectivity index (χ0v) is 10.3. The first-order valence-corrected chi connectivity index (χ1v) is 5.78. The normalized spacial score (nSPS) is 11.8. The second-order valence-electron chi connectivity index (χ2n) is 3.93. The van der Waals surface area contributed by atoms with Gasteiger partial charge in [-0.3, -0.25) is 9.59 Å². The van der Waals surface area contributed by atoms with Crippen LogP contribution in [-0.2, 0) is 9.59 Å². The number of carbonyl (C=O) groups excluding carboxylic acids is 1. The lowest BCUT2D eigenvalue weighted by molar-refractivity contribution is -0.141. The quantitative estimate of drug-likeness (QED) is 0.433. The monoisotopic (exact) mass is 267 g/mol. The fraction of sp³-hybridized carbons (Fsp3) is 0.333. The number of nitrogens with two attached hydrogens (primary N) is 1. The summed E-state index contributed by atoms with van der Waals surface area (Å²) in [5, 5.41) is 23.2. The highest BCUT2D eigenvalue weighted by Crippen LogP contribution is 2.14. The Morgan fingerprint density at radius 2 is 1.89 bits per heavy atom. The number of benzene rings is 1. The van der Waals surface area contributed by atoms with E-state index in [1.807, 2.05) is 0 Å². The highest BCUT2D eigenvalue weighted by atomic mass is 16.4. The minimum absolute atomic E-state index is 0.0889. The van der Waals surface area contributed by atoms with Gasteiger partial charge in [-0.05, 0) is 24.3 Å². The number of anilines is 1. The molecule has 0 saturated heterocycles. The van der Waals surface area contributed by atoms with Crippen molar-refractivity contribution in [3.05, 3.63) is 24.3 Å². The number of carbonyl (C=O) groups is 2. The molecular weight excluding hydrogens is 250 g/mol. The molecule has 0 fully saturated rings. The SMILES string of the molecule is NCCN[C@@H](CC(=O)Nc1ccc(O)cc1)C(=O)O. The van der Waals surface area contributed by atoms with Gasteiger partial charge in [-0.25, -0.2) is 0 Å². The molecule has 0 heterocycles. The van der Waals surface area contributed by atoms with Crippen LogP contribution in [0.4, 0.5) is 5.69 Å². The summed E-state index contributed by atoms with van der Waals surface area (Å²) < 4.78 is 0. The van der Waals surface area contributed by atoms with Crippen LogP contribution in [0.3, 0.4) is 0 Å². The third-order valence-corrected chi connectivity index (χ3v) is 2.37. The van der Waals surface area contributed by atoms with E-state index < -0.39 is 17.9 Å². The molecule has 1 aromatic rings. The number of amides is 1. The van der Waals surface area contributed by atoms with Gasteiger partial charge < -0.3 is 26.6 Å². The lowest BCUT2D eigenvalue weighted by atomic mass is 10.2. The van der Waals surface area contributed by atoms with E-state index in [4.69, 9.17) is 15.9 Å². The molecule has 7 nitrogen and oxygen atoms in total. The first-order chi connectivity index (χ1) is 9.02. The number of phenolic OH excluding ortho intramolecular Hbond substituents is 1. The maximum atomic E-state index is 11.7. The first-order valence-electron chi connectivity index (χ1n) is 5.78. The van der Waals surface area contributed by atoms with Crippen molar-refractivity contribution in [2.24, 2.45) is 5.73 Å². The smallest absolute Gasteiger partial charge is 0.321 e. The number of aromatic hydroxyl groups is 1. The van der Waals surface area contributed by atoms with E-state index in [9.17, 15) is 9.59 Å². The largest absolute Gasteiger partial charge is 0.508 e. The van der Waals surface area contributed by atoms with Crippen LogP contribution in [0.5, 0.6) is 5.75 Å². The van der Waals surface area contributed by atoms with E-state index in [1.54, 1.807) is 0 Å². The average Bonchev–Trinajstić information content (AvgIpc) is 2.37. The molecule has 0 spiro atoms. The number of carboxylic acids is 1. The van der Waals surface area contributed by atoms with Crippen molar-refractivity contribution in [1.29, 1.82) is 0 Å². The molecule has 1 atom stereocenters. The zero-order chi connectivity index (χ0) is 14.3. The molecule has 0 saturated carbocycles. The Labute approximate surface area is 110 Å². The molecule has 0 aliphatic heterocycles. The third-order valence-electron chi connectivity index (χ3n) is 2.37. The fourth-order valence-corrected chi connectivity index (χ4v) is 1.45. The van der Waals surface area contributed by atoms with Crippen molar-refractivity contribution in [3.8, 4) is 5.75 Å². The summed E-state index contributed by atoms with van der Waals surface area (Å²) in [7, 11) is 0. The van der Waals surface area contributed by atoms with Crippen LogP contribution in [0.2, 0.25) is 0 Å². The Morgan fingerprint density at radius 1 is 1.26 bits per heavy atom. The summed E-state index contributed by atoms with van der Waals surface area (Å²) in [4.78, 5) is 22.6. The van der Waals surface area contributed by atoms with E-state index in [0.29, 0.717) is 18.8 Å². The van der Waals surface area contributed by atoms with Gasteiger partial charge >= 0.3 is 5.97 Å². The Kier molecular flexibility index (Phi) is 5.77. The van der Waals surface area contributed by atoms with Gasteiger partial charge in [0.1, 0.15) is 11.8 Å². The number of nitrogens with one attached hydrogen (secondary N) is 2. The lowest BCUT2D eigenvalue weighted by Crippen LogP contribution is -2.41. The second-order valence-corrected chi connectivity index (χ2v) is 3.93. The number of phenols is 1. The standard InChI is InChI=1S/C12H17N3O4/c13-5-6-14-10(12(18)19)7-11(17)15-8-1-3-9(16)4-2-8/h1-4,10,14,16H,5-7,13H2,(H,15,17)(H,18,19)/t10-/m0/s1. The van der Waals surface area contributed by atoms with Gasteiger partial charge in [-0.1, -0.05) is 0 Å². The summed E-state index contributed by atoms with van der Waals surface area (Å²) >= 11 is 0. The number of carboxylic acid groups (broad SMARTS) is 1. The van der Waals surface area contributed by atoms with Crippen molar-refractivity contribution in [2.45, 2.75) is 12.5 Å². The van der Waals surface area contributed by atoms with Crippen molar-refractivity contribution in [3.63, 3.8) is 0 Å². The summed E-state index contributed by atoms with van der Waals surface area (Å²) in [6, 6.07) is 4.93. The lowest BCUT2D eigenvalue weighted by Gasteiger charge is -2.13. The van der Waals surface area contributed by atoms with Crippen molar-refractivity contribution in [1.82, 2.24) is 5.32 Å². The molecule has 104 valence electrons. The molecule has 19 heavy (non-hydrogen) atoms. The molecule has 1 rings (SSSR count). The number of hydrogen-bond acceptors (Lipinski definition) is 5. The molecule has 1 amide bonds. The summed E-state index contributed by atoms with van der Waals surface area (Å²) in [6.45, 7) is 0.618. The van der Waals surface area contributed by atoms with Crippen LogP contribution in [0, 0.1) is 0 Å². The van der Waals surface area contributed by atoms with Gasteiger partial charge in [-0.2, -0.15) is 0 Å². The summed E-state index contributed by atoms with van der Waals surface area (Å²) in [6.07, 6.45) is -0.198. The van der Waals surface area contributed by atoms with Gasteiger partial charge in [0.2, 0.25) is 5.91 Å². The van der Waals surface area contributed by atoms with E-state index in [0.717, 1.165) is 0 Å². The summed E-state index contributed by atoms with van der Waals surface area (Å²) in [5.41, 5.74) is 5.76. The predicted octanol–water partition coefficient (Wildman–Crippen LogP) is -0.278. The Bertz CT molecular complexity index is 433. The van der Waals surface area contributed by atoms with E-state index in [-0.39, 0.29) is 12.2 Å². The maximum Gasteiger partial charge on any atom is 0.321 e. The minimum Gasteiger partial charge on any atom is -0.508 e. The average molecular weight is 267 g/mol. The molecule has 0 aliphatic carbocycles.